The third-order valence-electron chi connectivity index (χ3n) is 12.6. The second-order valence-corrected chi connectivity index (χ2v) is 19.2. The Labute approximate surface area is 374 Å². The lowest BCUT2D eigenvalue weighted by atomic mass is 9.99. The highest BCUT2D eigenvalue weighted by molar-refractivity contribution is 5.71. The minimum absolute atomic E-state index is 0.0641. The van der Waals surface area contributed by atoms with Crippen LogP contribution < -0.4 is 0 Å². The number of hydrogen-bond donors (Lipinski definition) is 0. The van der Waals surface area contributed by atoms with Gasteiger partial charge in [-0.3, -0.25) is 14.4 Å². The first-order valence-corrected chi connectivity index (χ1v) is 26.8. The maximum Gasteiger partial charge on any atom is 0.306 e. The molecule has 1 unspecified atom stereocenters. The molecule has 0 aromatic carbocycles. The number of hydrogen-bond acceptors (Lipinski definition) is 6. The van der Waals surface area contributed by atoms with Crippen molar-refractivity contribution in [3.63, 3.8) is 0 Å². The Hall–Kier alpha value is -1.59. The fourth-order valence-corrected chi connectivity index (χ4v) is 8.13. The van der Waals surface area contributed by atoms with Crippen LogP contribution in [0.25, 0.3) is 0 Å². The highest BCUT2D eigenvalue weighted by Gasteiger charge is 2.19. The molecule has 0 aromatic rings. The SMILES string of the molecule is CCCCCCCCCCCCCCCCCC(=O)OC[C@H](COC(=O)CCCCCCCCC(C)C)OC(=O)CCCCCCCCCCCCCCCCC(C)CC. The highest BCUT2D eigenvalue weighted by atomic mass is 16.6. The number of carbonyl (C=O) groups excluding carboxylic acids is 3. The Morgan fingerprint density at radius 3 is 0.950 bits per heavy atom. The van der Waals surface area contributed by atoms with Gasteiger partial charge in [-0.25, -0.2) is 0 Å². The normalized spacial score (nSPS) is 12.5. The van der Waals surface area contributed by atoms with Crippen molar-refractivity contribution in [3.8, 4) is 0 Å². The molecule has 0 aliphatic carbocycles. The lowest BCUT2D eigenvalue weighted by Gasteiger charge is -2.18. The summed E-state index contributed by atoms with van der Waals surface area (Å²) in [5.41, 5.74) is 0. The van der Waals surface area contributed by atoms with E-state index in [9.17, 15) is 14.4 Å². The molecule has 0 aliphatic heterocycles. The molecule has 0 heterocycles. The molecular formula is C54H104O6. The van der Waals surface area contributed by atoms with Gasteiger partial charge in [0.25, 0.3) is 0 Å². The summed E-state index contributed by atoms with van der Waals surface area (Å²) in [6.45, 7) is 11.4. The van der Waals surface area contributed by atoms with Gasteiger partial charge in [0.05, 0.1) is 0 Å². The van der Waals surface area contributed by atoms with Crippen molar-refractivity contribution in [1.29, 1.82) is 0 Å². The summed E-state index contributed by atoms with van der Waals surface area (Å²) < 4.78 is 16.8. The van der Waals surface area contributed by atoms with Crippen LogP contribution in [0.4, 0.5) is 0 Å². The molecule has 0 saturated heterocycles. The molecule has 6 heteroatoms. The van der Waals surface area contributed by atoms with Crippen LogP contribution >= 0.6 is 0 Å². The van der Waals surface area contributed by atoms with Gasteiger partial charge in [0.15, 0.2) is 6.10 Å². The summed E-state index contributed by atoms with van der Waals surface area (Å²) in [6, 6.07) is 0. The van der Waals surface area contributed by atoms with Gasteiger partial charge in [-0.1, -0.05) is 259 Å². The van der Waals surface area contributed by atoms with Gasteiger partial charge in [-0.2, -0.15) is 0 Å². The number of ether oxygens (including phenoxy) is 3. The second-order valence-electron chi connectivity index (χ2n) is 19.2. The van der Waals surface area contributed by atoms with Crippen molar-refractivity contribution in [3.05, 3.63) is 0 Å². The fraction of sp³-hybridized carbons (Fsp3) is 0.944. The molecule has 0 N–H and O–H groups in total. The summed E-state index contributed by atoms with van der Waals surface area (Å²) in [5.74, 6) is 0.807. The zero-order valence-corrected chi connectivity index (χ0v) is 41.1. The Kier molecular flexibility index (Phi) is 45.7. The minimum Gasteiger partial charge on any atom is -0.462 e. The summed E-state index contributed by atoms with van der Waals surface area (Å²) in [6.07, 6.45) is 48.1. The standard InChI is InChI=1S/C54H104O6/c1-6-8-9-10-11-12-13-14-15-19-22-25-28-34-39-44-52(55)58-47-51(48-59-53(56)45-40-35-31-30-32-37-42-49(3)4)60-54(57)46-41-36-29-26-23-20-17-16-18-21-24-27-33-38-43-50(5)7-2/h49-51H,6-48H2,1-5H3/t50?,51-/m1/s1. The molecule has 0 aromatic heterocycles. The zero-order valence-electron chi connectivity index (χ0n) is 41.1. The van der Waals surface area contributed by atoms with E-state index in [1.807, 2.05) is 0 Å². The van der Waals surface area contributed by atoms with Crippen LogP contribution in [0.3, 0.4) is 0 Å². The molecule has 0 fully saturated rings. The molecule has 0 bridgehead atoms. The number of rotatable bonds is 48. The topological polar surface area (TPSA) is 78.9 Å². The minimum atomic E-state index is -0.762. The van der Waals surface area contributed by atoms with Gasteiger partial charge in [-0.15, -0.1) is 0 Å². The summed E-state index contributed by atoms with van der Waals surface area (Å²) in [7, 11) is 0. The van der Waals surface area contributed by atoms with E-state index in [0.717, 1.165) is 69.6 Å². The summed E-state index contributed by atoms with van der Waals surface area (Å²) >= 11 is 0. The number of esters is 3. The lowest BCUT2D eigenvalue weighted by Crippen LogP contribution is -2.30. The van der Waals surface area contributed by atoms with E-state index in [1.54, 1.807) is 0 Å². The Morgan fingerprint density at radius 2 is 0.633 bits per heavy atom. The molecule has 356 valence electrons. The molecule has 0 spiro atoms. The molecule has 0 amide bonds. The van der Waals surface area contributed by atoms with Crippen LogP contribution in [0.1, 0.15) is 298 Å². The zero-order chi connectivity index (χ0) is 44.0. The van der Waals surface area contributed by atoms with Crippen LogP contribution in [0.5, 0.6) is 0 Å². The lowest BCUT2D eigenvalue weighted by molar-refractivity contribution is -0.167. The molecular weight excluding hydrogens is 745 g/mol. The van der Waals surface area contributed by atoms with E-state index in [4.69, 9.17) is 14.2 Å². The van der Waals surface area contributed by atoms with E-state index >= 15 is 0 Å². The molecule has 0 radical (unpaired) electrons. The first-order chi connectivity index (χ1) is 29.3. The molecule has 0 aliphatic rings. The molecule has 60 heavy (non-hydrogen) atoms. The second kappa shape index (κ2) is 46.9. The van der Waals surface area contributed by atoms with Crippen molar-refractivity contribution in [2.75, 3.05) is 13.2 Å². The number of carbonyl (C=O) groups is 3. The molecule has 0 rings (SSSR count). The average molecular weight is 849 g/mol. The van der Waals surface area contributed by atoms with Crippen molar-refractivity contribution in [1.82, 2.24) is 0 Å². The van der Waals surface area contributed by atoms with Crippen LogP contribution in [-0.4, -0.2) is 37.2 Å². The van der Waals surface area contributed by atoms with Gasteiger partial charge in [-0.05, 0) is 31.1 Å². The average Bonchev–Trinajstić information content (AvgIpc) is 3.23. The first kappa shape index (κ1) is 58.4. The Bertz CT molecular complexity index is 918. The monoisotopic (exact) mass is 849 g/mol. The third-order valence-corrected chi connectivity index (χ3v) is 12.6. The summed E-state index contributed by atoms with van der Waals surface area (Å²) in [4.78, 5) is 37.9. The fourth-order valence-electron chi connectivity index (χ4n) is 8.13. The third kappa shape index (κ3) is 45.9. The van der Waals surface area contributed by atoms with Gasteiger partial charge < -0.3 is 14.2 Å². The van der Waals surface area contributed by atoms with Gasteiger partial charge >= 0.3 is 17.9 Å². The Morgan fingerprint density at radius 1 is 0.350 bits per heavy atom. The van der Waals surface area contributed by atoms with E-state index in [1.165, 1.54) is 186 Å². The van der Waals surface area contributed by atoms with Crippen LogP contribution in [0.2, 0.25) is 0 Å². The van der Waals surface area contributed by atoms with Crippen molar-refractivity contribution in [2.45, 2.75) is 304 Å². The van der Waals surface area contributed by atoms with Gasteiger partial charge in [0.2, 0.25) is 0 Å². The molecule has 2 atom stereocenters. The van der Waals surface area contributed by atoms with E-state index in [2.05, 4.69) is 34.6 Å². The van der Waals surface area contributed by atoms with Crippen molar-refractivity contribution >= 4 is 17.9 Å². The van der Waals surface area contributed by atoms with E-state index in [-0.39, 0.29) is 31.1 Å². The van der Waals surface area contributed by atoms with Crippen LogP contribution in [-0.2, 0) is 28.6 Å². The predicted octanol–water partition coefficient (Wildman–Crippen LogP) is 17.3. The quantitative estimate of drug-likeness (QED) is 0.0345. The van der Waals surface area contributed by atoms with Crippen molar-refractivity contribution < 1.29 is 28.6 Å². The molecule has 6 nitrogen and oxygen atoms in total. The van der Waals surface area contributed by atoms with Crippen LogP contribution in [0, 0.1) is 11.8 Å². The van der Waals surface area contributed by atoms with Gasteiger partial charge in [0, 0.05) is 19.3 Å². The van der Waals surface area contributed by atoms with Crippen LogP contribution in [0.15, 0.2) is 0 Å². The number of unbranched alkanes of at least 4 members (excludes halogenated alkanes) is 32. The predicted molar refractivity (Wildman–Crippen MR) is 256 cm³/mol. The van der Waals surface area contributed by atoms with Gasteiger partial charge in [0.1, 0.15) is 13.2 Å². The van der Waals surface area contributed by atoms with E-state index < -0.39 is 6.10 Å². The maximum absolute atomic E-state index is 12.8. The maximum atomic E-state index is 12.8. The van der Waals surface area contributed by atoms with Crippen molar-refractivity contribution in [2.24, 2.45) is 11.8 Å². The van der Waals surface area contributed by atoms with E-state index in [0.29, 0.717) is 19.3 Å². The highest BCUT2D eigenvalue weighted by Crippen LogP contribution is 2.18. The smallest absolute Gasteiger partial charge is 0.306 e. The summed E-state index contributed by atoms with van der Waals surface area (Å²) in [5, 5.41) is 0. The first-order valence-electron chi connectivity index (χ1n) is 26.8. The Balaban J connectivity index is 4.25. The largest absolute Gasteiger partial charge is 0.462 e. The molecule has 0 saturated carbocycles.